The average Bonchev–Trinajstić information content (AvgIpc) is 2.93. The van der Waals surface area contributed by atoms with E-state index in [1.54, 1.807) is 4.57 Å². The maximum absolute atomic E-state index is 13.2. The third-order valence-corrected chi connectivity index (χ3v) is 8.01. The van der Waals surface area contributed by atoms with Crippen molar-refractivity contribution in [3.05, 3.63) is 57.5 Å². The lowest BCUT2D eigenvalue weighted by molar-refractivity contribution is 0.268. The molecule has 0 radical (unpaired) electrons. The summed E-state index contributed by atoms with van der Waals surface area (Å²) >= 11 is 5.35. The average molecular weight is 531 g/mol. The molecule has 1 N–H and O–H groups in total. The second-order valence-electron chi connectivity index (χ2n) is 10.1. The lowest BCUT2D eigenvalue weighted by Gasteiger charge is -2.34. The van der Waals surface area contributed by atoms with Crippen LogP contribution in [0, 0.1) is 0 Å². The minimum Gasteiger partial charge on any atom is -0.366 e. The molecule has 0 saturated carbocycles. The summed E-state index contributed by atoms with van der Waals surface area (Å²) in [5.74, 6) is 0.952. The van der Waals surface area contributed by atoms with Gasteiger partial charge in [0.15, 0.2) is 0 Å². The molecule has 196 valence electrons. The van der Waals surface area contributed by atoms with Gasteiger partial charge in [0.2, 0.25) is 0 Å². The summed E-state index contributed by atoms with van der Waals surface area (Å²) in [5, 5.41) is 0.360. The summed E-state index contributed by atoms with van der Waals surface area (Å²) in [6.45, 7) is 7.38. The number of piperazine rings is 1. The van der Waals surface area contributed by atoms with E-state index in [0.29, 0.717) is 21.9 Å². The number of likely N-dealkylation sites (tertiary alicyclic amines) is 1. The molecule has 2 saturated heterocycles. The normalized spacial score (nSPS) is 17.4. The van der Waals surface area contributed by atoms with Gasteiger partial charge >= 0.3 is 5.69 Å². The van der Waals surface area contributed by atoms with Gasteiger partial charge in [-0.2, -0.15) is 0 Å². The van der Waals surface area contributed by atoms with Crippen LogP contribution in [0.25, 0.3) is 33.2 Å². The highest BCUT2D eigenvalue weighted by atomic mass is 32.1. The predicted molar refractivity (Wildman–Crippen MR) is 153 cm³/mol. The van der Waals surface area contributed by atoms with Crippen molar-refractivity contribution in [1.29, 1.82) is 0 Å². The number of hydrogen-bond acceptors (Lipinski definition) is 8. The van der Waals surface area contributed by atoms with Gasteiger partial charge in [0, 0.05) is 63.3 Å². The Hall–Kier alpha value is -3.70. The van der Waals surface area contributed by atoms with Gasteiger partial charge < -0.3 is 14.7 Å². The fraction of sp³-hybridized carbons (Fsp3) is 0.407. The number of anilines is 1. The summed E-state index contributed by atoms with van der Waals surface area (Å²) in [7, 11) is 2.13. The highest BCUT2D eigenvalue weighted by Gasteiger charge is 2.25. The number of aromatic amines is 1. The van der Waals surface area contributed by atoms with Gasteiger partial charge in [-0.1, -0.05) is 12.2 Å². The molecule has 0 bridgehead atoms. The monoisotopic (exact) mass is 530 g/mol. The zero-order valence-corrected chi connectivity index (χ0v) is 22.4. The van der Waals surface area contributed by atoms with Crippen LogP contribution in [0.3, 0.4) is 0 Å². The molecule has 2 fully saturated rings. The Morgan fingerprint density at radius 3 is 2.42 bits per heavy atom. The van der Waals surface area contributed by atoms with Crippen molar-refractivity contribution in [2.45, 2.75) is 25.8 Å². The number of aromatic nitrogens is 5. The third kappa shape index (κ3) is 4.45. The second kappa shape index (κ2) is 9.88. The third-order valence-electron chi connectivity index (χ3n) is 7.76. The quantitative estimate of drug-likeness (QED) is 0.316. The van der Waals surface area contributed by atoms with Gasteiger partial charge in [-0.15, -0.1) is 0 Å². The Balaban J connectivity index is 1.42. The molecule has 0 spiro atoms. The largest absolute Gasteiger partial charge is 0.366 e. The Morgan fingerprint density at radius 1 is 0.974 bits per heavy atom. The van der Waals surface area contributed by atoms with E-state index in [1.165, 1.54) is 6.20 Å². The standard InChI is InChI=1S/C27H30N8O2S/c1-17(38)33-9-7-19(8-10-33)35-25-20(26(36)31-27(35)37)16-28-22-5-4-21(30-24(22)25)18-3-6-23(29-15-18)34-13-11-32(2)12-14-34/h3-6,15-16,19H,7-14H2,1-2H3,(H,31,36,37). The topological polar surface area (TPSA) is 103 Å². The lowest BCUT2D eigenvalue weighted by Crippen LogP contribution is -2.44. The van der Waals surface area contributed by atoms with Crippen molar-refractivity contribution in [2.75, 3.05) is 51.2 Å². The number of nitrogens with one attached hydrogen (secondary N) is 1. The van der Waals surface area contributed by atoms with Gasteiger partial charge in [-0.3, -0.25) is 19.3 Å². The first kappa shape index (κ1) is 24.6. The molecule has 0 aliphatic carbocycles. The molecule has 0 unspecified atom stereocenters. The van der Waals surface area contributed by atoms with E-state index in [1.807, 2.05) is 37.4 Å². The molecule has 38 heavy (non-hydrogen) atoms. The summed E-state index contributed by atoms with van der Waals surface area (Å²) in [5.41, 5.74) is 2.42. The molecule has 10 nitrogen and oxygen atoms in total. The lowest BCUT2D eigenvalue weighted by atomic mass is 10.0. The summed E-state index contributed by atoms with van der Waals surface area (Å²) < 4.78 is 1.71. The smallest absolute Gasteiger partial charge is 0.329 e. The summed E-state index contributed by atoms with van der Waals surface area (Å²) in [6.07, 6.45) is 4.87. The Labute approximate surface area is 224 Å². The van der Waals surface area contributed by atoms with Crippen molar-refractivity contribution in [3.8, 4) is 11.3 Å². The SMILES string of the molecule is CC(=S)N1CCC(n2c(=O)[nH]c(=O)c3cnc4ccc(-c5ccc(N6CCN(C)CC6)nc5)nc4c32)CC1. The van der Waals surface area contributed by atoms with Crippen LogP contribution in [0.1, 0.15) is 25.8 Å². The number of rotatable bonds is 3. The Morgan fingerprint density at radius 2 is 1.74 bits per heavy atom. The molecule has 0 atom stereocenters. The van der Waals surface area contributed by atoms with E-state index in [9.17, 15) is 9.59 Å². The van der Waals surface area contributed by atoms with Crippen molar-refractivity contribution in [2.24, 2.45) is 0 Å². The van der Waals surface area contributed by atoms with Crippen LogP contribution in [0.15, 0.2) is 46.2 Å². The van der Waals surface area contributed by atoms with Crippen molar-refractivity contribution in [1.82, 2.24) is 34.3 Å². The van der Waals surface area contributed by atoms with E-state index in [-0.39, 0.29) is 6.04 Å². The van der Waals surface area contributed by atoms with Gasteiger partial charge in [0.05, 0.1) is 27.1 Å². The Kier molecular flexibility index (Phi) is 6.40. The van der Waals surface area contributed by atoms with E-state index in [0.717, 1.165) is 74.2 Å². The van der Waals surface area contributed by atoms with Crippen LogP contribution in [-0.2, 0) is 0 Å². The van der Waals surface area contributed by atoms with Crippen LogP contribution >= 0.6 is 12.2 Å². The molecule has 0 aromatic carbocycles. The molecule has 0 amide bonds. The van der Waals surface area contributed by atoms with Crippen LogP contribution in [0.4, 0.5) is 5.82 Å². The molecule has 6 heterocycles. The second-order valence-corrected chi connectivity index (χ2v) is 10.7. The highest BCUT2D eigenvalue weighted by Crippen LogP contribution is 2.29. The van der Waals surface area contributed by atoms with Crippen LogP contribution in [0.5, 0.6) is 0 Å². The molecular weight excluding hydrogens is 500 g/mol. The first-order valence-corrected chi connectivity index (χ1v) is 13.4. The maximum Gasteiger partial charge on any atom is 0.329 e. The zero-order chi connectivity index (χ0) is 26.4. The van der Waals surface area contributed by atoms with Crippen molar-refractivity contribution < 1.29 is 0 Å². The van der Waals surface area contributed by atoms with Crippen LogP contribution < -0.4 is 16.1 Å². The minimum absolute atomic E-state index is 0.0759. The van der Waals surface area contributed by atoms with Gasteiger partial charge in [-0.25, -0.2) is 14.8 Å². The van der Waals surface area contributed by atoms with Gasteiger partial charge in [0.25, 0.3) is 5.56 Å². The maximum atomic E-state index is 13.2. The predicted octanol–water partition coefficient (Wildman–Crippen LogP) is 2.43. The van der Waals surface area contributed by atoms with E-state index in [2.05, 4.69) is 31.7 Å². The van der Waals surface area contributed by atoms with Crippen LogP contribution in [-0.4, -0.2) is 85.6 Å². The van der Waals surface area contributed by atoms with Gasteiger partial charge in [-0.05, 0) is 51.1 Å². The number of hydrogen-bond donors (Lipinski definition) is 1. The fourth-order valence-corrected chi connectivity index (χ4v) is 5.68. The number of thiocarbonyl (C=S) groups is 1. The zero-order valence-electron chi connectivity index (χ0n) is 21.6. The molecule has 6 rings (SSSR count). The number of nitrogens with zero attached hydrogens (tertiary/aromatic N) is 7. The number of piperidine rings is 1. The number of pyridine rings is 3. The Bertz CT molecular complexity index is 1630. The minimum atomic E-state index is -0.451. The van der Waals surface area contributed by atoms with Gasteiger partial charge in [0.1, 0.15) is 11.3 Å². The molecule has 2 aliphatic rings. The van der Waals surface area contributed by atoms with Crippen molar-refractivity contribution in [3.63, 3.8) is 0 Å². The van der Waals surface area contributed by atoms with E-state index in [4.69, 9.17) is 22.2 Å². The van der Waals surface area contributed by atoms with Crippen LogP contribution in [0.2, 0.25) is 0 Å². The number of likely N-dealkylation sites (N-methyl/N-ethyl adjacent to an activating group) is 1. The summed E-state index contributed by atoms with van der Waals surface area (Å²) in [6, 6.07) is 7.77. The molecule has 4 aromatic rings. The summed E-state index contributed by atoms with van der Waals surface area (Å²) in [4.78, 5) is 50.2. The van der Waals surface area contributed by atoms with E-state index >= 15 is 0 Å². The highest BCUT2D eigenvalue weighted by molar-refractivity contribution is 7.80. The first-order chi connectivity index (χ1) is 18.4. The first-order valence-electron chi connectivity index (χ1n) is 13.0. The molecule has 2 aliphatic heterocycles. The number of fused-ring (bicyclic) bond motifs is 3. The van der Waals surface area contributed by atoms with Crippen molar-refractivity contribution >= 4 is 45.0 Å². The molecule has 11 heteroatoms. The molecule has 4 aromatic heterocycles. The number of H-pyrrole nitrogens is 1. The molecular formula is C27H30N8O2S. The van der Waals surface area contributed by atoms with E-state index < -0.39 is 11.2 Å². The fourth-order valence-electron chi connectivity index (χ4n) is 5.50.